The first-order valence-corrected chi connectivity index (χ1v) is 4.33. The van der Waals surface area contributed by atoms with Gasteiger partial charge in [-0.05, 0) is 17.7 Å². The van der Waals surface area contributed by atoms with E-state index in [1.54, 1.807) is 0 Å². The minimum absolute atomic E-state index is 0.615. The Hall–Kier alpha value is -1.02. The van der Waals surface area contributed by atoms with Crippen molar-refractivity contribution >= 4 is 5.69 Å². The number of hydrogen-bond acceptors (Lipinski definition) is 2. The molecule has 1 aromatic carbocycles. The number of nitrogens with one attached hydrogen (secondary N) is 1. The molecule has 0 aliphatic carbocycles. The molecule has 0 aromatic heterocycles. The summed E-state index contributed by atoms with van der Waals surface area (Å²) in [5.74, 6) is 0. The predicted molar refractivity (Wildman–Crippen MR) is 55.2 cm³/mol. The molecule has 2 heteroatoms. The van der Waals surface area contributed by atoms with Gasteiger partial charge in [0.25, 0.3) is 0 Å². The van der Waals surface area contributed by atoms with Crippen LogP contribution >= 0.6 is 0 Å². The van der Waals surface area contributed by atoms with Gasteiger partial charge in [-0.2, -0.15) is 0 Å². The maximum Gasteiger partial charge on any atom is 0.0337 e. The zero-order chi connectivity index (χ0) is 9.40. The van der Waals surface area contributed by atoms with Crippen LogP contribution in [0.4, 0.5) is 5.69 Å². The molecule has 1 rings (SSSR count). The molecule has 0 radical (unpaired) electrons. The first-order chi connectivity index (χ1) is 5.86. The van der Waals surface area contributed by atoms with Crippen molar-refractivity contribution in [2.45, 2.75) is 20.4 Å². The molecular formula is C10H18N2. The van der Waals surface area contributed by atoms with Gasteiger partial charge in [0.2, 0.25) is 0 Å². The van der Waals surface area contributed by atoms with Crippen molar-refractivity contribution in [3.05, 3.63) is 29.8 Å². The molecule has 0 atom stereocenters. The second kappa shape index (κ2) is 6.68. The van der Waals surface area contributed by atoms with Crippen molar-refractivity contribution in [3.63, 3.8) is 0 Å². The molecule has 0 amide bonds. The number of anilines is 1. The summed E-state index contributed by atoms with van der Waals surface area (Å²) in [7, 11) is 1.90. The minimum atomic E-state index is 0.615. The fourth-order valence-corrected chi connectivity index (χ4v) is 0.807. The molecule has 2 nitrogen and oxygen atoms in total. The molecule has 0 fully saturated rings. The standard InChI is InChI=1S/C8H12N2.C2H6/c1-10-8-4-2-7(6-9)3-5-8;1-2/h2-5,10H,6,9H2,1H3;1-2H3. The topological polar surface area (TPSA) is 38.0 Å². The molecule has 3 N–H and O–H groups in total. The molecule has 0 heterocycles. The van der Waals surface area contributed by atoms with E-state index in [0.717, 1.165) is 5.69 Å². The fourth-order valence-electron chi connectivity index (χ4n) is 0.807. The van der Waals surface area contributed by atoms with Gasteiger partial charge in [0.15, 0.2) is 0 Å². The van der Waals surface area contributed by atoms with Crippen molar-refractivity contribution in [1.29, 1.82) is 0 Å². The quantitative estimate of drug-likeness (QED) is 0.707. The molecule has 68 valence electrons. The van der Waals surface area contributed by atoms with Crippen LogP contribution in [0.15, 0.2) is 24.3 Å². The monoisotopic (exact) mass is 166 g/mol. The highest BCUT2D eigenvalue weighted by Crippen LogP contribution is 2.06. The molecular weight excluding hydrogens is 148 g/mol. The Morgan fingerprint density at radius 2 is 1.67 bits per heavy atom. The van der Waals surface area contributed by atoms with E-state index in [9.17, 15) is 0 Å². The second-order valence-electron chi connectivity index (χ2n) is 2.15. The third kappa shape index (κ3) is 3.39. The summed E-state index contributed by atoms with van der Waals surface area (Å²) in [5, 5.41) is 3.04. The lowest BCUT2D eigenvalue weighted by molar-refractivity contribution is 1.07. The Morgan fingerprint density at radius 1 is 1.17 bits per heavy atom. The number of nitrogens with two attached hydrogens (primary N) is 1. The summed E-state index contributed by atoms with van der Waals surface area (Å²) < 4.78 is 0. The molecule has 0 aliphatic rings. The van der Waals surface area contributed by atoms with Crippen LogP contribution in [0.2, 0.25) is 0 Å². The summed E-state index contributed by atoms with van der Waals surface area (Å²) in [4.78, 5) is 0. The molecule has 0 bridgehead atoms. The van der Waals surface area contributed by atoms with E-state index in [1.807, 2.05) is 45.2 Å². The Morgan fingerprint density at radius 3 is 2.00 bits per heavy atom. The normalized spacial score (nSPS) is 8.33. The smallest absolute Gasteiger partial charge is 0.0337 e. The first kappa shape index (κ1) is 11.0. The molecule has 0 unspecified atom stereocenters. The van der Waals surface area contributed by atoms with Crippen LogP contribution in [0.1, 0.15) is 19.4 Å². The van der Waals surface area contributed by atoms with E-state index in [-0.39, 0.29) is 0 Å². The van der Waals surface area contributed by atoms with Crippen LogP contribution in [-0.4, -0.2) is 7.05 Å². The number of rotatable bonds is 2. The highest BCUT2D eigenvalue weighted by molar-refractivity contribution is 5.43. The van der Waals surface area contributed by atoms with Crippen molar-refractivity contribution in [1.82, 2.24) is 0 Å². The van der Waals surface area contributed by atoms with Gasteiger partial charge in [-0.25, -0.2) is 0 Å². The Balaban J connectivity index is 0.000000561. The highest BCUT2D eigenvalue weighted by Gasteiger charge is 1.87. The summed E-state index contributed by atoms with van der Waals surface area (Å²) in [5.41, 5.74) is 7.71. The Bertz CT molecular complexity index is 168. The lowest BCUT2D eigenvalue weighted by Crippen LogP contribution is -1.96. The highest BCUT2D eigenvalue weighted by atomic mass is 14.8. The molecule has 0 aliphatic heterocycles. The average molecular weight is 166 g/mol. The van der Waals surface area contributed by atoms with Crippen LogP contribution in [0, 0.1) is 0 Å². The van der Waals surface area contributed by atoms with Crippen LogP contribution in [0.5, 0.6) is 0 Å². The lowest BCUT2D eigenvalue weighted by Gasteiger charge is -1.99. The molecule has 0 spiro atoms. The SMILES string of the molecule is CC.CNc1ccc(CN)cc1. The maximum absolute atomic E-state index is 5.42. The largest absolute Gasteiger partial charge is 0.388 e. The van der Waals surface area contributed by atoms with Gasteiger partial charge in [-0.3, -0.25) is 0 Å². The molecule has 12 heavy (non-hydrogen) atoms. The third-order valence-corrected chi connectivity index (χ3v) is 1.48. The van der Waals surface area contributed by atoms with E-state index < -0.39 is 0 Å². The van der Waals surface area contributed by atoms with Crippen LogP contribution in [0.3, 0.4) is 0 Å². The molecule has 0 saturated heterocycles. The molecule has 0 saturated carbocycles. The van der Waals surface area contributed by atoms with Crippen LogP contribution in [0.25, 0.3) is 0 Å². The van der Waals surface area contributed by atoms with E-state index >= 15 is 0 Å². The van der Waals surface area contributed by atoms with Crippen molar-refractivity contribution in [3.8, 4) is 0 Å². The number of hydrogen-bond donors (Lipinski definition) is 2. The third-order valence-electron chi connectivity index (χ3n) is 1.48. The van der Waals surface area contributed by atoms with Crippen LogP contribution < -0.4 is 11.1 Å². The Kier molecular flexibility index (Phi) is 6.11. The van der Waals surface area contributed by atoms with Crippen molar-refractivity contribution < 1.29 is 0 Å². The van der Waals surface area contributed by atoms with E-state index in [4.69, 9.17) is 5.73 Å². The van der Waals surface area contributed by atoms with Gasteiger partial charge < -0.3 is 11.1 Å². The molecule has 1 aromatic rings. The summed E-state index contributed by atoms with van der Waals surface area (Å²) in [6.07, 6.45) is 0. The van der Waals surface area contributed by atoms with Gasteiger partial charge in [0.05, 0.1) is 0 Å². The maximum atomic E-state index is 5.42. The zero-order valence-corrected chi connectivity index (χ0v) is 8.09. The zero-order valence-electron chi connectivity index (χ0n) is 8.09. The van der Waals surface area contributed by atoms with Gasteiger partial charge in [-0.1, -0.05) is 26.0 Å². The van der Waals surface area contributed by atoms with E-state index in [2.05, 4.69) is 5.32 Å². The lowest BCUT2D eigenvalue weighted by atomic mass is 10.2. The minimum Gasteiger partial charge on any atom is -0.388 e. The average Bonchev–Trinajstić information content (AvgIpc) is 2.21. The van der Waals surface area contributed by atoms with E-state index in [0.29, 0.717) is 6.54 Å². The van der Waals surface area contributed by atoms with Crippen LogP contribution in [-0.2, 0) is 6.54 Å². The summed E-state index contributed by atoms with van der Waals surface area (Å²) in [6, 6.07) is 8.07. The Labute approximate surface area is 74.8 Å². The van der Waals surface area contributed by atoms with Gasteiger partial charge in [0.1, 0.15) is 0 Å². The predicted octanol–water partition coefficient (Wildman–Crippen LogP) is 2.21. The summed E-state index contributed by atoms with van der Waals surface area (Å²) >= 11 is 0. The van der Waals surface area contributed by atoms with E-state index in [1.165, 1.54) is 5.56 Å². The fraction of sp³-hybridized carbons (Fsp3) is 0.400. The first-order valence-electron chi connectivity index (χ1n) is 4.33. The van der Waals surface area contributed by atoms with Crippen molar-refractivity contribution in [2.75, 3.05) is 12.4 Å². The summed E-state index contributed by atoms with van der Waals surface area (Å²) in [6.45, 7) is 4.62. The number of benzene rings is 1. The second-order valence-corrected chi connectivity index (χ2v) is 2.15. The van der Waals surface area contributed by atoms with Gasteiger partial charge >= 0.3 is 0 Å². The van der Waals surface area contributed by atoms with Crippen molar-refractivity contribution in [2.24, 2.45) is 5.73 Å². The van der Waals surface area contributed by atoms with Gasteiger partial charge in [0, 0.05) is 19.3 Å². The van der Waals surface area contributed by atoms with Gasteiger partial charge in [-0.15, -0.1) is 0 Å².